The van der Waals surface area contributed by atoms with Crippen molar-refractivity contribution in [3.05, 3.63) is 34.9 Å². The van der Waals surface area contributed by atoms with Gasteiger partial charge in [-0.05, 0) is 37.5 Å². The largest absolute Gasteiger partial charge is 0.380 e. The fourth-order valence-electron chi connectivity index (χ4n) is 1.52. The number of hydrogen-bond acceptors (Lipinski definition) is 2. The highest BCUT2D eigenvalue weighted by molar-refractivity contribution is 5.32. The topological polar surface area (TPSA) is 21.3 Å². The molecule has 1 rings (SSSR count). The SMILES string of the molecule is CCOCCNCc1cccc(C)c1C. The Balaban J connectivity index is 2.34. The maximum absolute atomic E-state index is 5.26. The van der Waals surface area contributed by atoms with Gasteiger partial charge in [0.2, 0.25) is 0 Å². The van der Waals surface area contributed by atoms with Crippen LogP contribution in [0.4, 0.5) is 0 Å². The van der Waals surface area contributed by atoms with Gasteiger partial charge in [-0.25, -0.2) is 0 Å². The molecule has 1 aromatic rings. The molecular weight excluding hydrogens is 186 g/mol. The van der Waals surface area contributed by atoms with Crippen molar-refractivity contribution in [2.45, 2.75) is 27.3 Å². The van der Waals surface area contributed by atoms with Crippen LogP contribution >= 0.6 is 0 Å². The summed E-state index contributed by atoms with van der Waals surface area (Å²) in [5.74, 6) is 0. The van der Waals surface area contributed by atoms with E-state index in [1.54, 1.807) is 0 Å². The molecule has 0 aliphatic heterocycles. The zero-order chi connectivity index (χ0) is 11.1. The van der Waals surface area contributed by atoms with Gasteiger partial charge in [0.1, 0.15) is 0 Å². The third-order valence-corrected chi connectivity index (χ3v) is 2.66. The summed E-state index contributed by atoms with van der Waals surface area (Å²) in [5, 5.41) is 3.38. The van der Waals surface area contributed by atoms with Crippen LogP contribution in [0.1, 0.15) is 23.6 Å². The van der Waals surface area contributed by atoms with E-state index in [0.717, 1.165) is 26.3 Å². The summed E-state index contributed by atoms with van der Waals surface area (Å²) < 4.78 is 5.26. The smallest absolute Gasteiger partial charge is 0.0590 e. The lowest BCUT2D eigenvalue weighted by atomic mass is 10.0. The lowest BCUT2D eigenvalue weighted by Crippen LogP contribution is -2.19. The highest BCUT2D eigenvalue weighted by Gasteiger charge is 1.99. The molecule has 0 unspecified atom stereocenters. The summed E-state index contributed by atoms with van der Waals surface area (Å²) in [7, 11) is 0. The summed E-state index contributed by atoms with van der Waals surface area (Å²) in [6, 6.07) is 6.44. The lowest BCUT2D eigenvalue weighted by molar-refractivity contribution is 0.149. The van der Waals surface area contributed by atoms with Crippen LogP contribution in [0.5, 0.6) is 0 Å². The molecule has 1 aromatic carbocycles. The Kier molecular flexibility index (Phi) is 5.37. The second kappa shape index (κ2) is 6.59. The Morgan fingerprint density at radius 2 is 2.07 bits per heavy atom. The lowest BCUT2D eigenvalue weighted by Gasteiger charge is -2.09. The van der Waals surface area contributed by atoms with Crippen LogP contribution in [0.25, 0.3) is 0 Å². The average Bonchev–Trinajstić information content (AvgIpc) is 2.24. The van der Waals surface area contributed by atoms with Crippen molar-refractivity contribution in [2.75, 3.05) is 19.8 Å². The number of hydrogen-bond donors (Lipinski definition) is 1. The van der Waals surface area contributed by atoms with E-state index in [-0.39, 0.29) is 0 Å². The molecule has 0 spiro atoms. The van der Waals surface area contributed by atoms with Crippen molar-refractivity contribution in [1.82, 2.24) is 5.32 Å². The predicted molar refractivity (Wildman–Crippen MR) is 64.1 cm³/mol. The summed E-state index contributed by atoms with van der Waals surface area (Å²) in [6.07, 6.45) is 0. The van der Waals surface area contributed by atoms with Gasteiger partial charge >= 0.3 is 0 Å². The number of rotatable bonds is 6. The molecule has 15 heavy (non-hydrogen) atoms. The molecule has 2 heteroatoms. The summed E-state index contributed by atoms with van der Waals surface area (Å²) in [6.45, 7) is 9.78. The molecule has 0 heterocycles. The molecule has 0 saturated carbocycles. The van der Waals surface area contributed by atoms with Gasteiger partial charge in [0, 0.05) is 19.7 Å². The van der Waals surface area contributed by atoms with Crippen LogP contribution in [0.2, 0.25) is 0 Å². The average molecular weight is 207 g/mol. The van der Waals surface area contributed by atoms with E-state index >= 15 is 0 Å². The number of aryl methyl sites for hydroxylation is 1. The standard InChI is InChI=1S/C13H21NO/c1-4-15-9-8-14-10-13-7-5-6-11(2)12(13)3/h5-7,14H,4,8-10H2,1-3H3. The maximum atomic E-state index is 5.26. The molecule has 2 nitrogen and oxygen atoms in total. The summed E-state index contributed by atoms with van der Waals surface area (Å²) >= 11 is 0. The first-order valence-electron chi connectivity index (χ1n) is 5.59. The number of benzene rings is 1. The third-order valence-electron chi connectivity index (χ3n) is 2.66. The monoisotopic (exact) mass is 207 g/mol. The van der Waals surface area contributed by atoms with E-state index in [0.29, 0.717) is 0 Å². The van der Waals surface area contributed by atoms with E-state index in [2.05, 4.69) is 37.4 Å². The van der Waals surface area contributed by atoms with Gasteiger partial charge in [-0.3, -0.25) is 0 Å². The second-order valence-corrected chi connectivity index (χ2v) is 3.73. The fourth-order valence-corrected chi connectivity index (χ4v) is 1.52. The molecule has 0 amide bonds. The van der Waals surface area contributed by atoms with Crippen molar-refractivity contribution in [3.63, 3.8) is 0 Å². The zero-order valence-corrected chi connectivity index (χ0v) is 9.97. The normalized spacial score (nSPS) is 10.6. The Bertz CT molecular complexity index is 297. The van der Waals surface area contributed by atoms with Crippen molar-refractivity contribution < 1.29 is 4.74 Å². The van der Waals surface area contributed by atoms with Crippen LogP contribution in [-0.4, -0.2) is 19.8 Å². The summed E-state index contributed by atoms with van der Waals surface area (Å²) in [5.41, 5.74) is 4.13. The Morgan fingerprint density at radius 1 is 1.27 bits per heavy atom. The molecule has 0 aliphatic rings. The Morgan fingerprint density at radius 3 is 2.80 bits per heavy atom. The highest BCUT2D eigenvalue weighted by atomic mass is 16.5. The van der Waals surface area contributed by atoms with Crippen molar-refractivity contribution >= 4 is 0 Å². The number of ether oxygens (including phenoxy) is 1. The second-order valence-electron chi connectivity index (χ2n) is 3.73. The zero-order valence-electron chi connectivity index (χ0n) is 9.97. The molecule has 0 fully saturated rings. The van der Waals surface area contributed by atoms with Crippen LogP contribution in [0, 0.1) is 13.8 Å². The molecule has 0 aliphatic carbocycles. The highest BCUT2D eigenvalue weighted by Crippen LogP contribution is 2.11. The quantitative estimate of drug-likeness (QED) is 0.723. The van der Waals surface area contributed by atoms with Crippen LogP contribution in [0.15, 0.2) is 18.2 Å². The molecule has 84 valence electrons. The van der Waals surface area contributed by atoms with Gasteiger partial charge in [0.25, 0.3) is 0 Å². The molecule has 0 atom stereocenters. The van der Waals surface area contributed by atoms with E-state index < -0.39 is 0 Å². The van der Waals surface area contributed by atoms with E-state index in [9.17, 15) is 0 Å². The van der Waals surface area contributed by atoms with Crippen molar-refractivity contribution in [1.29, 1.82) is 0 Å². The molecule has 0 bridgehead atoms. The first-order valence-corrected chi connectivity index (χ1v) is 5.59. The van der Waals surface area contributed by atoms with Gasteiger partial charge in [0.05, 0.1) is 6.61 Å². The van der Waals surface area contributed by atoms with Gasteiger partial charge in [-0.2, -0.15) is 0 Å². The van der Waals surface area contributed by atoms with Crippen LogP contribution < -0.4 is 5.32 Å². The minimum Gasteiger partial charge on any atom is -0.380 e. The predicted octanol–water partition coefficient (Wildman–Crippen LogP) is 2.43. The van der Waals surface area contributed by atoms with Crippen molar-refractivity contribution in [2.24, 2.45) is 0 Å². The maximum Gasteiger partial charge on any atom is 0.0590 e. The Hall–Kier alpha value is -0.860. The van der Waals surface area contributed by atoms with Gasteiger partial charge < -0.3 is 10.1 Å². The van der Waals surface area contributed by atoms with E-state index in [1.165, 1.54) is 16.7 Å². The fraction of sp³-hybridized carbons (Fsp3) is 0.538. The first-order chi connectivity index (χ1) is 7.25. The van der Waals surface area contributed by atoms with Gasteiger partial charge in [0.15, 0.2) is 0 Å². The van der Waals surface area contributed by atoms with Crippen LogP contribution in [-0.2, 0) is 11.3 Å². The molecule has 0 saturated heterocycles. The molecule has 1 N–H and O–H groups in total. The first kappa shape index (κ1) is 12.2. The minimum atomic E-state index is 0.793. The van der Waals surface area contributed by atoms with Crippen molar-refractivity contribution in [3.8, 4) is 0 Å². The minimum absolute atomic E-state index is 0.793. The molecular formula is C13H21NO. The van der Waals surface area contributed by atoms with E-state index in [1.807, 2.05) is 6.92 Å². The van der Waals surface area contributed by atoms with Gasteiger partial charge in [-0.15, -0.1) is 0 Å². The number of nitrogens with one attached hydrogen (secondary N) is 1. The summed E-state index contributed by atoms with van der Waals surface area (Å²) in [4.78, 5) is 0. The Labute approximate surface area is 92.6 Å². The van der Waals surface area contributed by atoms with E-state index in [4.69, 9.17) is 4.74 Å². The third kappa shape index (κ3) is 4.02. The van der Waals surface area contributed by atoms with Crippen LogP contribution in [0.3, 0.4) is 0 Å². The molecule has 0 radical (unpaired) electrons. The molecule has 0 aromatic heterocycles. The van der Waals surface area contributed by atoms with Gasteiger partial charge in [-0.1, -0.05) is 18.2 Å².